The van der Waals surface area contributed by atoms with E-state index >= 15 is 0 Å². The summed E-state index contributed by atoms with van der Waals surface area (Å²) in [6, 6.07) is 0. The van der Waals surface area contributed by atoms with Crippen molar-refractivity contribution in [3.8, 4) is 0 Å². The van der Waals surface area contributed by atoms with Gasteiger partial charge in [-0.2, -0.15) is 0 Å². The fraction of sp³-hybridized carbons (Fsp3) is 0.786. The summed E-state index contributed by atoms with van der Waals surface area (Å²) in [5, 5.41) is 4.35. The normalized spacial score (nSPS) is 14.1. The number of amides is 2. The minimum absolute atomic E-state index is 0.148. The van der Waals surface area contributed by atoms with Crippen LogP contribution in [0.4, 0.5) is 14.4 Å². The molecule has 0 spiro atoms. The molecule has 0 heterocycles. The molecule has 0 aromatic carbocycles. The Morgan fingerprint density at radius 3 is 2.21 bits per heavy atom. The van der Waals surface area contributed by atoms with Crippen LogP contribution in [0.15, 0.2) is 0 Å². The zero-order valence-corrected chi connectivity index (χ0v) is 17.8. The maximum absolute atomic E-state index is 11.8. The van der Waals surface area contributed by atoms with E-state index in [1.807, 2.05) is 0 Å². The molecule has 29 heavy (non-hydrogen) atoms. The topological polar surface area (TPSA) is 180 Å². The van der Waals surface area contributed by atoms with E-state index in [-0.39, 0.29) is 13.2 Å². The van der Waals surface area contributed by atoms with Crippen LogP contribution >= 0.6 is 7.82 Å². The number of rotatable bonds is 11. The lowest BCUT2D eigenvalue weighted by molar-refractivity contribution is -0.0341. The Balaban J connectivity index is 4.29. The molecule has 0 aliphatic rings. The van der Waals surface area contributed by atoms with Crippen LogP contribution in [0, 0.1) is 0 Å². The molecule has 0 bridgehead atoms. The van der Waals surface area contributed by atoms with Gasteiger partial charge in [0.25, 0.3) is 0 Å². The third-order valence-electron chi connectivity index (χ3n) is 2.51. The fourth-order valence-electron chi connectivity index (χ4n) is 1.37. The van der Waals surface area contributed by atoms with Gasteiger partial charge in [0, 0.05) is 14.1 Å². The molecule has 0 radical (unpaired) electrons. The lowest BCUT2D eigenvalue weighted by Crippen LogP contribution is -2.34. The van der Waals surface area contributed by atoms with Crippen LogP contribution in [-0.2, 0) is 32.7 Å². The van der Waals surface area contributed by atoms with Gasteiger partial charge in [0.2, 0.25) is 0 Å². The first-order chi connectivity index (χ1) is 13.4. The van der Waals surface area contributed by atoms with E-state index in [1.165, 1.54) is 14.1 Å². The third kappa shape index (κ3) is 15.5. The minimum atomic E-state index is -4.53. The zero-order chi connectivity index (χ0) is 22.5. The van der Waals surface area contributed by atoms with Crippen LogP contribution < -0.4 is 16.1 Å². The number of carbonyl (C=O) groups is 3. The highest BCUT2D eigenvalue weighted by Gasteiger charge is 2.26. The Kier molecular flexibility index (Phi) is 12.2. The molecule has 2 amide bonds. The van der Waals surface area contributed by atoms with Crippen molar-refractivity contribution in [2.45, 2.75) is 32.5 Å². The summed E-state index contributed by atoms with van der Waals surface area (Å²) in [5.41, 5.74) is 1.45. The highest BCUT2D eigenvalue weighted by atomic mass is 31.2. The molecule has 0 aromatic heterocycles. The number of hydrogen-bond acceptors (Lipinski definition) is 11. The number of hydroxylamine groups is 1. The van der Waals surface area contributed by atoms with Gasteiger partial charge >= 0.3 is 26.2 Å². The molecule has 2 atom stereocenters. The van der Waals surface area contributed by atoms with Gasteiger partial charge in [-0.1, -0.05) is 0 Å². The summed E-state index contributed by atoms with van der Waals surface area (Å²) in [6.07, 6.45) is -3.82. The van der Waals surface area contributed by atoms with E-state index in [0.29, 0.717) is 0 Å². The van der Waals surface area contributed by atoms with Gasteiger partial charge in [-0.3, -0.25) is 9.05 Å². The zero-order valence-electron chi connectivity index (χ0n) is 16.9. The maximum atomic E-state index is 11.8. The predicted molar refractivity (Wildman–Crippen MR) is 96.8 cm³/mol. The minimum Gasteiger partial charge on any atom is -0.446 e. The van der Waals surface area contributed by atoms with Gasteiger partial charge in [0.1, 0.15) is 12.2 Å². The van der Waals surface area contributed by atoms with Crippen molar-refractivity contribution in [1.82, 2.24) is 16.1 Å². The monoisotopic (exact) mass is 445 g/mol. The third-order valence-corrected chi connectivity index (χ3v) is 3.49. The molecule has 4 N–H and O–H groups in total. The average Bonchev–Trinajstić information content (AvgIpc) is 2.61. The Labute approximate surface area is 168 Å². The van der Waals surface area contributed by atoms with Crippen molar-refractivity contribution in [2.75, 3.05) is 40.5 Å². The number of phosphoric acid groups is 1. The smallest absolute Gasteiger partial charge is 0.446 e. The van der Waals surface area contributed by atoms with Crippen LogP contribution in [0.1, 0.15) is 20.8 Å². The van der Waals surface area contributed by atoms with Crippen molar-refractivity contribution >= 4 is 26.2 Å². The van der Waals surface area contributed by atoms with E-state index in [0.717, 1.165) is 0 Å². The molecule has 0 saturated heterocycles. The first-order valence-corrected chi connectivity index (χ1v) is 9.85. The van der Waals surface area contributed by atoms with Gasteiger partial charge in [-0.15, -0.1) is 5.48 Å². The first-order valence-electron chi connectivity index (χ1n) is 8.36. The second-order valence-electron chi connectivity index (χ2n) is 6.18. The first kappa shape index (κ1) is 26.9. The van der Waals surface area contributed by atoms with E-state index in [1.54, 1.807) is 20.8 Å². The molecular formula is C14H28N3O11P. The maximum Gasteiger partial charge on any atom is 0.528 e. The van der Waals surface area contributed by atoms with Gasteiger partial charge in [-0.25, -0.2) is 18.9 Å². The lowest BCUT2D eigenvalue weighted by Gasteiger charge is -2.19. The van der Waals surface area contributed by atoms with Crippen molar-refractivity contribution in [2.24, 2.45) is 0 Å². The van der Waals surface area contributed by atoms with Crippen molar-refractivity contribution < 1.29 is 51.9 Å². The van der Waals surface area contributed by atoms with Gasteiger partial charge in [-0.05, 0) is 20.8 Å². The Bertz CT molecular complexity index is 582. The van der Waals surface area contributed by atoms with Crippen LogP contribution in [0.25, 0.3) is 0 Å². The standard InChI is InChI=1S/C14H28N3O11P/c1-14(2,3)27-13(20)28-17-6-7-24-29(21,22)25-9-10(26-12(19)16-5)8-23-11(18)15-4/h10,17H,6-9H2,1-5H3,(H,15,18)(H,16,19)(H,21,22). The molecule has 2 unspecified atom stereocenters. The van der Waals surface area contributed by atoms with E-state index in [2.05, 4.69) is 25.5 Å². The highest BCUT2D eigenvalue weighted by molar-refractivity contribution is 7.47. The Morgan fingerprint density at radius 2 is 1.66 bits per heavy atom. The summed E-state index contributed by atoms with van der Waals surface area (Å²) in [4.78, 5) is 47.8. The summed E-state index contributed by atoms with van der Waals surface area (Å²) < 4.78 is 35.6. The molecule has 0 aromatic rings. The van der Waals surface area contributed by atoms with E-state index in [4.69, 9.17) is 18.7 Å². The molecule has 14 nitrogen and oxygen atoms in total. The summed E-state index contributed by atoms with van der Waals surface area (Å²) in [5.74, 6) is 0. The largest absolute Gasteiger partial charge is 0.528 e. The molecule has 0 aliphatic heterocycles. The molecule has 15 heteroatoms. The van der Waals surface area contributed by atoms with Crippen LogP contribution in [0.2, 0.25) is 0 Å². The number of ether oxygens (including phenoxy) is 3. The molecule has 0 aliphatic carbocycles. The predicted octanol–water partition coefficient (Wildman–Crippen LogP) is 0.657. The van der Waals surface area contributed by atoms with Crippen LogP contribution in [-0.4, -0.2) is 75.4 Å². The molecule has 0 rings (SSSR count). The SMILES string of the molecule is CNC(=O)OCC(COP(=O)(O)OCCNOC(=O)OC(C)(C)C)OC(=O)NC. The van der Waals surface area contributed by atoms with Gasteiger partial charge in [0.05, 0.1) is 19.8 Å². The van der Waals surface area contributed by atoms with Crippen LogP contribution in [0.3, 0.4) is 0 Å². The lowest BCUT2D eigenvalue weighted by atomic mass is 10.2. The summed E-state index contributed by atoms with van der Waals surface area (Å²) in [6.45, 7) is 3.41. The summed E-state index contributed by atoms with van der Waals surface area (Å²) >= 11 is 0. The van der Waals surface area contributed by atoms with Crippen molar-refractivity contribution in [3.63, 3.8) is 0 Å². The fourth-order valence-corrected chi connectivity index (χ4v) is 2.12. The quantitative estimate of drug-likeness (QED) is 0.115. The number of hydrogen-bond donors (Lipinski definition) is 4. The highest BCUT2D eigenvalue weighted by Crippen LogP contribution is 2.43. The number of nitrogens with one attached hydrogen (secondary N) is 3. The van der Waals surface area contributed by atoms with Gasteiger partial charge in [0.15, 0.2) is 6.10 Å². The van der Waals surface area contributed by atoms with Crippen molar-refractivity contribution in [1.29, 1.82) is 0 Å². The molecule has 170 valence electrons. The second kappa shape index (κ2) is 13.2. The van der Waals surface area contributed by atoms with Crippen LogP contribution in [0.5, 0.6) is 0 Å². The van der Waals surface area contributed by atoms with Crippen molar-refractivity contribution in [3.05, 3.63) is 0 Å². The number of alkyl carbamates (subject to hydrolysis) is 2. The average molecular weight is 445 g/mol. The molecule has 0 fully saturated rings. The van der Waals surface area contributed by atoms with E-state index < -0.39 is 51.1 Å². The Morgan fingerprint density at radius 1 is 1.03 bits per heavy atom. The Hall–Kier alpha value is -2.12. The van der Waals surface area contributed by atoms with Gasteiger partial charge < -0.3 is 34.6 Å². The number of phosphoric ester groups is 1. The molecule has 0 saturated carbocycles. The molecular weight excluding hydrogens is 417 g/mol. The number of carbonyl (C=O) groups excluding carboxylic acids is 3. The second-order valence-corrected chi connectivity index (χ2v) is 7.64. The van der Waals surface area contributed by atoms with E-state index in [9.17, 15) is 23.8 Å². The summed E-state index contributed by atoms with van der Waals surface area (Å²) in [7, 11) is -1.91.